The maximum atomic E-state index is 5.85. The second kappa shape index (κ2) is 5.84. The summed E-state index contributed by atoms with van der Waals surface area (Å²) in [5.74, 6) is 6.26. The van der Waals surface area contributed by atoms with E-state index in [0.29, 0.717) is 5.82 Å². The topological polar surface area (TPSA) is 92.7 Å². The summed E-state index contributed by atoms with van der Waals surface area (Å²) in [7, 11) is 0. The molecule has 5 nitrogen and oxygen atoms in total. The van der Waals surface area contributed by atoms with Crippen LogP contribution in [0.25, 0.3) is 0 Å². The second-order valence-corrected chi connectivity index (χ2v) is 4.57. The Morgan fingerprint density at radius 1 is 1.29 bits per heavy atom. The standard InChI is InChI=1S/C12H21N5/c13-12-10(8-15-17-12)11(16-14)9-6-4-2-1-3-5-7-9/h6,8,11,16H,1-5,7,14H2,(H3,13,15,17). The van der Waals surface area contributed by atoms with Crippen LogP contribution in [0.3, 0.4) is 0 Å². The summed E-state index contributed by atoms with van der Waals surface area (Å²) in [6.45, 7) is 0. The third-order valence-electron chi connectivity index (χ3n) is 3.37. The molecule has 0 spiro atoms. The maximum Gasteiger partial charge on any atom is 0.123 e. The summed E-state index contributed by atoms with van der Waals surface area (Å²) in [6.07, 6.45) is 11.4. The van der Waals surface area contributed by atoms with E-state index in [1.165, 1.54) is 31.3 Å². The molecule has 0 fully saturated rings. The molecule has 17 heavy (non-hydrogen) atoms. The van der Waals surface area contributed by atoms with E-state index in [4.69, 9.17) is 11.6 Å². The van der Waals surface area contributed by atoms with E-state index in [2.05, 4.69) is 21.7 Å². The number of H-pyrrole nitrogens is 1. The van der Waals surface area contributed by atoms with Gasteiger partial charge in [0.25, 0.3) is 0 Å². The van der Waals surface area contributed by atoms with Gasteiger partial charge in [0.15, 0.2) is 0 Å². The van der Waals surface area contributed by atoms with E-state index in [0.717, 1.165) is 18.4 Å². The highest BCUT2D eigenvalue weighted by atomic mass is 15.2. The summed E-state index contributed by atoms with van der Waals surface area (Å²) in [5.41, 5.74) is 11.0. The lowest BCUT2D eigenvalue weighted by molar-refractivity contribution is 0.556. The fourth-order valence-electron chi connectivity index (χ4n) is 2.41. The van der Waals surface area contributed by atoms with Gasteiger partial charge in [-0.25, -0.2) is 5.43 Å². The zero-order chi connectivity index (χ0) is 12.1. The molecule has 2 rings (SSSR count). The largest absolute Gasteiger partial charge is 0.384 e. The SMILES string of the molecule is NNC(C1=CCCCCCC1)c1cn[nH]c1N. The molecule has 1 aromatic rings. The molecule has 1 aliphatic carbocycles. The van der Waals surface area contributed by atoms with Crippen LogP contribution in [0.4, 0.5) is 5.82 Å². The fraction of sp³-hybridized carbons (Fsp3) is 0.583. The van der Waals surface area contributed by atoms with Crippen LogP contribution in [-0.4, -0.2) is 10.2 Å². The van der Waals surface area contributed by atoms with Gasteiger partial charge >= 0.3 is 0 Å². The van der Waals surface area contributed by atoms with Crippen molar-refractivity contribution in [2.75, 3.05) is 5.73 Å². The van der Waals surface area contributed by atoms with Crippen molar-refractivity contribution in [3.8, 4) is 0 Å². The monoisotopic (exact) mass is 235 g/mol. The molecule has 0 saturated heterocycles. The zero-order valence-corrected chi connectivity index (χ0v) is 10.1. The lowest BCUT2D eigenvalue weighted by Crippen LogP contribution is -2.30. The minimum Gasteiger partial charge on any atom is -0.384 e. The molecule has 5 heteroatoms. The highest BCUT2D eigenvalue weighted by molar-refractivity contribution is 5.43. The number of hydrogen-bond donors (Lipinski definition) is 4. The Bertz CT molecular complexity index is 382. The predicted molar refractivity (Wildman–Crippen MR) is 68.8 cm³/mol. The number of aromatic nitrogens is 2. The maximum absolute atomic E-state index is 5.85. The van der Waals surface area contributed by atoms with E-state index in [9.17, 15) is 0 Å². The van der Waals surface area contributed by atoms with E-state index in [1.807, 2.05) is 0 Å². The van der Waals surface area contributed by atoms with E-state index >= 15 is 0 Å². The molecule has 0 amide bonds. The first-order chi connectivity index (χ1) is 8.33. The Morgan fingerprint density at radius 2 is 2.12 bits per heavy atom. The zero-order valence-electron chi connectivity index (χ0n) is 10.1. The number of nitrogen functional groups attached to an aromatic ring is 1. The average molecular weight is 235 g/mol. The van der Waals surface area contributed by atoms with Gasteiger partial charge in [0.1, 0.15) is 5.82 Å². The van der Waals surface area contributed by atoms with Crippen LogP contribution < -0.4 is 17.0 Å². The Kier molecular flexibility index (Phi) is 4.17. The smallest absolute Gasteiger partial charge is 0.123 e. The van der Waals surface area contributed by atoms with E-state index in [-0.39, 0.29) is 6.04 Å². The van der Waals surface area contributed by atoms with Crippen LogP contribution in [0, 0.1) is 0 Å². The molecule has 1 unspecified atom stereocenters. The third-order valence-corrected chi connectivity index (χ3v) is 3.37. The lowest BCUT2D eigenvalue weighted by atomic mass is 9.92. The quantitative estimate of drug-likeness (QED) is 0.365. The van der Waals surface area contributed by atoms with Gasteiger partial charge in [0.2, 0.25) is 0 Å². The number of allylic oxidation sites excluding steroid dienone is 1. The molecule has 0 saturated carbocycles. The fourth-order valence-corrected chi connectivity index (χ4v) is 2.41. The molecule has 94 valence electrons. The first kappa shape index (κ1) is 12.1. The molecule has 1 aliphatic rings. The minimum absolute atomic E-state index is 0.00755. The minimum atomic E-state index is -0.00755. The van der Waals surface area contributed by atoms with Gasteiger partial charge in [-0.15, -0.1) is 0 Å². The van der Waals surface area contributed by atoms with Crippen LogP contribution in [-0.2, 0) is 0 Å². The molecular formula is C12H21N5. The molecule has 0 radical (unpaired) electrons. The first-order valence-corrected chi connectivity index (χ1v) is 6.26. The molecule has 0 bridgehead atoms. The number of aromatic amines is 1. The highest BCUT2D eigenvalue weighted by Crippen LogP contribution is 2.30. The molecule has 0 aliphatic heterocycles. The Labute approximate surface area is 102 Å². The van der Waals surface area contributed by atoms with Crippen molar-refractivity contribution in [2.45, 2.75) is 44.6 Å². The number of nitrogens with zero attached hydrogens (tertiary/aromatic N) is 1. The summed E-state index contributed by atoms with van der Waals surface area (Å²) in [6, 6.07) is -0.00755. The normalized spacial score (nSPS) is 19.2. The number of nitrogens with one attached hydrogen (secondary N) is 2. The van der Waals surface area contributed by atoms with Gasteiger partial charge in [0.05, 0.1) is 12.2 Å². The number of anilines is 1. The number of rotatable bonds is 3. The average Bonchev–Trinajstić information content (AvgIpc) is 2.69. The van der Waals surface area contributed by atoms with Gasteiger partial charge in [-0.2, -0.15) is 5.10 Å². The molecule has 1 heterocycles. The van der Waals surface area contributed by atoms with Gasteiger partial charge in [-0.05, 0) is 25.7 Å². The van der Waals surface area contributed by atoms with Crippen LogP contribution in [0.2, 0.25) is 0 Å². The van der Waals surface area contributed by atoms with Crippen molar-refractivity contribution in [1.82, 2.24) is 15.6 Å². The predicted octanol–water partition coefficient (Wildman–Crippen LogP) is 1.78. The van der Waals surface area contributed by atoms with Crippen molar-refractivity contribution in [3.05, 3.63) is 23.4 Å². The molecule has 6 N–H and O–H groups in total. The van der Waals surface area contributed by atoms with Crippen molar-refractivity contribution >= 4 is 5.82 Å². The third kappa shape index (κ3) is 2.87. The molecule has 1 aromatic heterocycles. The van der Waals surface area contributed by atoms with E-state index in [1.54, 1.807) is 6.20 Å². The van der Waals surface area contributed by atoms with Gasteiger partial charge in [-0.3, -0.25) is 10.9 Å². The summed E-state index contributed by atoms with van der Waals surface area (Å²) in [4.78, 5) is 0. The van der Waals surface area contributed by atoms with Crippen molar-refractivity contribution in [1.29, 1.82) is 0 Å². The number of hydrazine groups is 1. The van der Waals surface area contributed by atoms with Crippen LogP contribution in [0.1, 0.15) is 50.1 Å². The van der Waals surface area contributed by atoms with Gasteiger partial charge in [0, 0.05) is 5.56 Å². The molecule has 0 aromatic carbocycles. The number of nitrogens with two attached hydrogens (primary N) is 2. The van der Waals surface area contributed by atoms with Crippen molar-refractivity contribution in [3.63, 3.8) is 0 Å². The first-order valence-electron chi connectivity index (χ1n) is 6.26. The number of hydrogen-bond acceptors (Lipinski definition) is 4. The lowest BCUT2D eigenvalue weighted by Gasteiger charge is -2.21. The highest BCUT2D eigenvalue weighted by Gasteiger charge is 2.19. The summed E-state index contributed by atoms with van der Waals surface area (Å²) in [5, 5.41) is 6.71. The Hall–Kier alpha value is -1.33. The van der Waals surface area contributed by atoms with Crippen molar-refractivity contribution in [2.24, 2.45) is 5.84 Å². The molecule has 1 atom stereocenters. The van der Waals surface area contributed by atoms with Gasteiger partial charge < -0.3 is 5.73 Å². The van der Waals surface area contributed by atoms with E-state index < -0.39 is 0 Å². The Morgan fingerprint density at radius 3 is 2.82 bits per heavy atom. The second-order valence-electron chi connectivity index (χ2n) is 4.57. The molecular weight excluding hydrogens is 214 g/mol. The summed E-state index contributed by atoms with van der Waals surface area (Å²) >= 11 is 0. The Balaban J connectivity index is 2.19. The van der Waals surface area contributed by atoms with Crippen LogP contribution in [0.5, 0.6) is 0 Å². The van der Waals surface area contributed by atoms with Crippen LogP contribution in [0.15, 0.2) is 17.8 Å². The van der Waals surface area contributed by atoms with Crippen LogP contribution >= 0.6 is 0 Å². The summed E-state index contributed by atoms with van der Waals surface area (Å²) < 4.78 is 0. The van der Waals surface area contributed by atoms with Crippen molar-refractivity contribution < 1.29 is 0 Å². The van der Waals surface area contributed by atoms with Gasteiger partial charge in [-0.1, -0.05) is 24.5 Å².